The lowest BCUT2D eigenvalue weighted by atomic mass is 10.2. The minimum atomic E-state index is 0.0529. The van der Waals surface area contributed by atoms with Crippen LogP contribution in [0.25, 0.3) is 0 Å². The van der Waals surface area contributed by atoms with E-state index in [0.717, 1.165) is 19.6 Å². The molecule has 1 heterocycles. The molecule has 5 heteroatoms. The quantitative estimate of drug-likeness (QED) is 0.743. The molecule has 3 rings (SSSR count). The highest BCUT2D eigenvalue weighted by Crippen LogP contribution is 2.23. The van der Waals surface area contributed by atoms with Crippen LogP contribution >= 0.6 is 11.8 Å². The van der Waals surface area contributed by atoms with Crippen LogP contribution in [0.3, 0.4) is 0 Å². The molecule has 0 spiro atoms. The largest absolute Gasteiger partial charge is 0.374 e. The van der Waals surface area contributed by atoms with Crippen LogP contribution in [0.2, 0.25) is 0 Å². The van der Waals surface area contributed by atoms with Gasteiger partial charge in [0, 0.05) is 31.1 Å². The first-order chi connectivity index (χ1) is 13.1. The standard InChI is InChI=1S/C22H28N2O2S/c1-17-8-9-18(2)21(12-17)27-16-22(25)23-13-20-15-24(10-11-26-20)14-19-6-4-3-5-7-19/h3-9,12,20H,10-11,13-16H2,1-2H3,(H,23,25). The van der Waals surface area contributed by atoms with Crippen LogP contribution in [0, 0.1) is 13.8 Å². The summed E-state index contributed by atoms with van der Waals surface area (Å²) in [4.78, 5) is 15.8. The van der Waals surface area contributed by atoms with Crippen LogP contribution in [0.1, 0.15) is 16.7 Å². The molecule has 1 fully saturated rings. The van der Waals surface area contributed by atoms with Crippen molar-refractivity contribution >= 4 is 17.7 Å². The van der Waals surface area contributed by atoms with Gasteiger partial charge in [-0.05, 0) is 31.0 Å². The minimum Gasteiger partial charge on any atom is -0.374 e. The number of carbonyl (C=O) groups excluding carboxylic acids is 1. The van der Waals surface area contributed by atoms with Gasteiger partial charge in [-0.1, -0.05) is 48.0 Å². The normalized spacial score (nSPS) is 17.6. The summed E-state index contributed by atoms with van der Waals surface area (Å²) in [5, 5.41) is 3.03. The molecule has 2 aromatic carbocycles. The van der Waals surface area contributed by atoms with Gasteiger partial charge in [0.1, 0.15) is 0 Å². The number of amides is 1. The van der Waals surface area contributed by atoms with E-state index in [1.807, 2.05) is 6.07 Å². The average Bonchev–Trinajstić information content (AvgIpc) is 2.68. The number of hydrogen-bond acceptors (Lipinski definition) is 4. The van der Waals surface area contributed by atoms with E-state index in [2.05, 4.69) is 66.5 Å². The summed E-state index contributed by atoms with van der Waals surface area (Å²) in [7, 11) is 0. The molecule has 1 aliphatic rings. The number of nitrogens with one attached hydrogen (secondary N) is 1. The lowest BCUT2D eigenvalue weighted by molar-refractivity contribution is -0.119. The number of hydrogen-bond donors (Lipinski definition) is 1. The van der Waals surface area contributed by atoms with E-state index < -0.39 is 0 Å². The fourth-order valence-electron chi connectivity index (χ4n) is 3.17. The third-order valence-corrected chi connectivity index (χ3v) is 5.86. The molecule has 2 aromatic rings. The van der Waals surface area contributed by atoms with Gasteiger partial charge in [-0.2, -0.15) is 0 Å². The summed E-state index contributed by atoms with van der Waals surface area (Å²) >= 11 is 1.59. The Hall–Kier alpha value is -1.82. The summed E-state index contributed by atoms with van der Waals surface area (Å²) in [6.07, 6.45) is 0.0529. The highest BCUT2D eigenvalue weighted by atomic mass is 32.2. The Kier molecular flexibility index (Phi) is 7.33. The van der Waals surface area contributed by atoms with E-state index in [1.54, 1.807) is 11.8 Å². The Morgan fingerprint density at radius 3 is 2.85 bits per heavy atom. The highest BCUT2D eigenvalue weighted by Gasteiger charge is 2.21. The molecular formula is C22H28N2O2S. The van der Waals surface area contributed by atoms with Crippen molar-refractivity contribution < 1.29 is 9.53 Å². The summed E-state index contributed by atoms with van der Waals surface area (Å²) in [6.45, 7) is 8.14. The molecule has 1 amide bonds. The number of nitrogens with zero attached hydrogens (tertiary/aromatic N) is 1. The first-order valence-electron chi connectivity index (χ1n) is 9.45. The molecule has 1 atom stereocenters. The van der Waals surface area contributed by atoms with Gasteiger partial charge < -0.3 is 10.1 Å². The van der Waals surface area contributed by atoms with Crippen molar-refractivity contribution in [1.29, 1.82) is 0 Å². The lowest BCUT2D eigenvalue weighted by Gasteiger charge is -2.33. The summed E-state index contributed by atoms with van der Waals surface area (Å²) < 4.78 is 5.83. The topological polar surface area (TPSA) is 41.6 Å². The molecule has 1 aliphatic heterocycles. The van der Waals surface area contributed by atoms with Crippen molar-refractivity contribution in [2.24, 2.45) is 0 Å². The van der Waals surface area contributed by atoms with Crippen LogP contribution < -0.4 is 5.32 Å². The maximum Gasteiger partial charge on any atom is 0.230 e. The molecule has 27 heavy (non-hydrogen) atoms. The van der Waals surface area contributed by atoms with E-state index >= 15 is 0 Å². The van der Waals surface area contributed by atoms with E-state index in [0.29, 0.717) is 18.9 Å². The summed E-state index contributed by atoms with van der Waals surface area (Å²) in [6, 6.07) is 16.8. The third-order valence-electron chi connectivity index (χ3n) is 4.70. The second-order valence-electron chi connectivity index (χ2n) is 7.08. The van der Waals surface area contributed by atoms with E-state index in [9.17, 15) is 4.79 Å². The molecule has 0 aliphatic carbocycles. The predicted molar refractivity (Wildman–Crippen MR) is 111 cm³/mol. The molecule has 144 valence electrons. The third kappa shape index (κ3) is 6.38. The van der Waals surface area contributed by atoms with Gasteiger partial charge in [0.2, 0.25) is 5.91 Å². The number of rotatable bonds is 7. The second kappa shape index (κ2) is 9.93. The first-order valence-corrected chi connectivity index (χ1v) is 10.4. The van der Waals surface area contributed by atoms with Gasteiger partial charge >= 0.3 is 0 Å². The minimum absolute atomic E-state index is 0.0529. The SMILES string of the molecule is Cc1ccc(C)c(SCC(=O)NCC2CN(Cc3ccccc3)CCO2)c1. The Bertz CT molecular complexity index is 751. The monoisotopic (exact) mass is 384 g/mol. The van der Waals surface area contributed by atoms with Gasteiger partial charge in [-0.15, -0.1) is 11.8 Å². The molecule has 4 nitrogen and oxygen atoms in total. The number of benzene rings is 2. The average molecular weight is 385 g/mol. The molecule has 0 aromatic heterocycles. The van der Waals surface area contributed by atoms with Crippen molar-refractivity contribution in [1.82, 2.24) is 10.2 Å². The van der Waals surface area contributed by atoms with Crippen molar-refractivity contribution in [3.8, 4) is 0 Å². The maximum absolute atomic E-state index is 12.2. The molecule has 0 bridgehead atoms. The van der Waals surface area contributed by atoms with E-state index in [-0.39, 0.29) is 12.0 Å². The summed E-state index contributed by atoms with van der Waals surface area (Å²) in [5.41, 5.74) is 3.75. The highest BCUT2D eigenvalue weighted by molar-refractivity contribution is 8.00. The zero-order chi connectivity index (χ0) is 19.1. The van der Waals surface area contributed by atoms with Crippen LogP contribution in [0.5, 0.6) is 0 Å². The van der Waals surface area contributed by atoms with Gasteiger partial charge in [-0.3, -0.25) is 9.69 Å². The smallest absolute Gasteiger partial charge is 0.230 e. The fraction of sp³-hybridized carbons (Fsp3) is 0.409. The number of carbonyl (C=O) groups is 1. The zero-order valence-electron chi connectivity index (χ0n) is 16.1. The van der Waals surface area contributed by atoms with Crippen LogP contribution in [0.4, 0.5) is 0 Å². The Morgan fingerprint density at radius 2 is 2.04 bits per heavy atom. The van der Waals surface area contributed by atoms with Gasteiger partial charge in [0.15, 0.2) is 0 Å². The second-order valence-corrected chi connectivity index (χ2v) is 8.09. The van der Waals surface area contributed by atoms with Gasteiger partial charge in [-0.25, -0.2) is 0 Å². The first kappa shape index (κ1) is 19.9. The molecule has 1 N–H and O–H groups in total. The Labute approximate surface area is 166 Å². The van der Waals surface area contributed by atoms with Crippen molar-refractivity contribution in [3.63, 3.8) is 0 Å². The Balaban J connectivity index is 1.41. The van der Waals surface area contributed by atoms with Crippen molar-refractivity contribution in [3.05, 3.63) is 65.2 Å². The molecule has 0 radical (unpaired) electrons. The Morgan fingerprint density at radius 1 is 1.22 bits per heavy atom. The predicted octanol–water partition coefficient (Wildman–Crippen LogP) is 3.41. The number of thioether (sulfide) groups is 1. The molecule has 1 unspecified atom stereocenters. The van der Waals surface area contributed by atoms with Crippen LogP contribution in [0.15, 0.2) is 53.4 Å². The van der Waals surface area contributed by atoms with E-state index in [1.165, 1.54) is 21.6 Å². The summed E-state index contributed by atoms with van der Waals surface area (Å²) in [5.74, 6) is 0.495. The van der Waals surface area contributed by atoms with Crippen LogP contribution in [-0.4, -0.2) is 48.9 Å². The number of aryl methyl sites for hydroxylation is 2. The molecule has 1 saturated heterocycles. The molecular weight excluding hydrogens is 356 g/mol. The van der Waals surface area contributed by atoms with Gasteiger partial charge in [0.25, 0.3) is 0 Å². The van der Waals surface area contributed by atoms with Gasteiger partial charge in [0.05, 0.1) is 18.5 Å². The van der Waals surface area contributed by atoms with Crippen molar-refractivity contribution in [2.45, 2.75) is 31.4 Å². The number of morpholine rings is 1. The maximum atomic E-state index is 12.2. The van der Waals surface area contributed by atoms with E-state index in [4.69, 9.17) is 4.74 Å². The van der Waals surface area contributed by atoms with Crippen LogP contribution in [-0.2, 0) is 16.1 Å². The fourth-order valence-corrected chi connectivity index (χ4v) is 4.13. The van der Waals surface area contributed by atoms with Crippen molar-refractivity contribution in [2.75, 3.05) is 32.0 Å². The molecule has 0 saturated carbocycles. The number of ether oxygens (including phenoxy) is 1. The lowest BCUT2D eigenvalue weighted by Crippen LogP contribution is -2.47. The zero-order valence-corrected chi connectivity index (χ0v) is 16.9.